The molecule has 4 N–H and O–H groups in total. The van der Waals surface area contributed by atoms with Gasteiger partial charge < -0.3 is 11.6 Å². The number of anilines is 1. The maximum atomic E-state index is 6.09. The number of nitrogen functional groups attached to an aromatic ring is 2. The molecule has 4 rings (SSSR count). The lowest BCUT2D eigenvalue weighted by atomic mass is 10.1. The standard InChI is InChI=1S/C15H18N4/c16-14-13(18-15(19(14)17)12-7-8-12)11-5-3-10(4-6-11)9-1-2-9/h3-6,9,12H,1-2,7-8,16-17H2. The third-order valence-corrected chi connectivity index (χ3v) is 4.15. The highest BCUT2D eigenvalue weighted by Crippen LogP contribution is 2.42. The molecule has 0 atom stereocenters. The Morgan fingerprint density at radius 1 is 1.00 bits per heavy atom. The first-order valence-corrected chi connectivity index (χ1v) is 6.97. The van der Waals surface area contributed by atoms with E-state index in [0.29, 0.717) is 11.7 Å². The fourth-order valence-corrected chi connectivity index (χ4v) is 2.63. The maximum absolute atomic E-state index is 6.09. The summed E-state index contributed by atoms with van der Waals surface area (Å²) in [5.41, 5.74) is 9.40. The van der Waals surface area contributed by atoms with Crippen molar-refractivity contribution in [1.82, 2.24) is 9.66 Å². The van der Waals surface area contributed by atoms with E-state index in [-0.39, 0.29) is 0 Å². The molecule has 0 aliphatic heterocycles. The second-order valence-electron chi connectivity index (χ2n) is 5.74. The predicted octanol–water partition coefficient (Wildman–Crippen LogP) is 2.60. The molecule has 0 spiro atoms. The van der Waals surface area contributed by atoms with Crippen LogP contribution in [0.4, 0.5) is 5.82 Å². The van der Waals surface area contributed by atoms with Crippen molar-refractivity contribution in [3.63, 3.8) is 0 Å². The summed E-state index contributed by atoms with van der Waals surface area (Å²) in [6.07, 6.45) is 5.00. The molecule has 98 valence electrons. The van der Waals surface area contributed by atoms with Gasteiger partial charge in [0.25, 0.3) is 0 Å². The summed E-state index contributed by atoms with van der Waals surface area (Å²) in [6.45, 7) is 0. The molecular weight excluding hydrogens is 236 g/mol. The van der Waals surface area contributed by atoms with E-state index in [1.807, 2.05) is 0 Å². The second-order valence-corrected chi connectivity index (χ2v) is 5.74. The molecule has 1 aromatic heterocycles. The zero-order valence-corrected chi connectivity index (χ0v) is 10.8. The highest BCUT2D eigenvalue weighted by Gasteiger charge is 2.30. The van der Waals surface area contributed by atoms with E-state index in [0.717, 1.165) is 23.0 Å². The quantitative estimate of drug-likeness (QED) is 0.827. The molecular formula is C15H18N4. The van der Waals surface area contributed by atoms with Crippen molar-refractivity contribution in [2.24, 2.45) is 0 Å². The van der Waals surface area contributed by atoms with Gasteiger partial charge in [-0.2, -0.15) is 0 Å². The summed E-state index contributed by atoms with van der Waals surface area (Å²) in [6, 6.07) is 8.61. The number of nitrogens with zero attached hydrogens (tertiary/aromatic N) is 2. The molecule has 2 fully saturated rings. The first-order valence-electron chi connectivity index (χ1n) is 6.97. The molecule has 1 aromatic carbocycles. The fraction of sp³-hybridized carbons (Fsp3) is 0.400. The van der Waals surface area contributed by atoms with Gasteiger partial charge in [0.2, 0.25) is 0 Å². The molecule has 1 heterocycles. The van der Waals surface area contributed by atoms with Gasteiger partial charge in [0.15, 0.2) is 5.82 Å². The van der Waals surface area contributed by atoms with Crippen LogP contribution in [0.3, 0.4) is 0 Å². The third kappa shape index (κ3) is 1.79. The van der Waals surface area contributed by atoms with E-state index in [4.69, 9.17) is 11.6 Å². The molecule has 4 nitrogen and oxygen atoms in total. The summed E-state index contributed by atoms with van der Waals surface area (Å²) in [7, 11) is 0. The Morgan fingerprint density at radius 2 is 1.63 bits per heavy atom. The van der Waals surface area contributed by atoms with Gasteiger partial charge in [0.1, 0.15) is 11.5 Å². The summed E-state index contributed by atoms with van der Waals surface area (Å²) in [5.74, 6) is 8.78. The van der Waals surface area contributed by atoms with E-state index in [2.05, 4.69) is 29.2 Å². The molecule has 0 unspecified atom stereocenters. The van der Waals surface area contributed by atoms with E-state index in [1.165, 1.54) is 31.2 Å². The average molecular weight is 254 g/mol. The normalized spacial score (nSPS) is 18.7. The minimum Gasteiger partial charge on any atom is -0.382 e. The summed E-state index contributed by atoms with van der Waals surface area (Å²) >= 11 is 0. The highest BCUT2D eigenvalue weighted by atomic mass is 15.4. The number of nitrogens with two attached hydrogens (primary N) is 2. The van der Waals surface area contributed by atoms with Crippen LogP contribution in [0, 0.1) is 0 Å². The SMILES string of the molecule is Nc1c(-c2ccc(C3CC3)cc2)nc(C2CC2)n1N. The van der Waals surface area contributed by atoms with E-state index in [9.17, 15) is 0 Å². The summed E-state index contributed by atoms with van der Waals surface area (Å²) < 4.78 is 1.56. The van der Waals surface area contributed by atoms with Gasteiger partial charge in [-0.25, -0.2) is 9.66 Å². The lowest BCUT2D eigenvalue weighted by Gasteiger charge is -2.02. The molecule has 0 bridgehead atoms. The van der Waals surface area contributed by atoms with Crippen molar-refractivity contribution >= 4 is 5.82 Å². The molecule has 0 saturated heterocycles. The topological polar surface area (TPSA) is 69.9 Å². The zero-order valence-electron chi connectivity index (χ0n) is 10.8. The average Bonchev–Trinajstić information content (AvgIpc) is 3.31. The maximum Gasteiger partial charge on any atom is 0.150 e. The Hall–Kier alpha value is -1.97. The molecule has 4 heteroatoms. The monoisotopic (exact) mass is 254 g/mol. The predicted molar refractivity (Wildman–Crippen MR) is 76.2 cm³/mol. The first-order chi connectivity index (χ1) is 9.24. The first kappa shape index (κ1) is 10.9. The van der Waals surface area contributed by atoms with Gasteiger partial charge in [0, 0.05) is 11.5 Å². The number of hydrogen-bond acceptors (Lipinski definition) is 3. The number of imidazole rings is 1. The Morgan fingerprint density at radius 3 is 2.21 bits per heavy atom. The lowest BCUT2D eigenvalue weighted by Crippen LogP contribution is -2.14. The Balaban J connectivity index is 1.72. The van der Waals surface area contributed by atoms with Gasteiger partial charge in [-0.15, -0.1) is 0 Å². The van der Waals surface area contributed by atoms with Gasteiger partial charge in [-0.3, -0.25) is 0 Å². The molecule has 2 aromatic rings. The van der Waals surface area contributed by atoms with Crippen LogP contribution in [0.25, 0.3) is 11.3 Å². The van der Waals surface area contributed by atoms with Crippen LogP contribution in [0.1, 0.15) is 48.9 Å². The molecule has 0 amide bonds. The number of benzene rings is 1. The van der Waals surface area contributed by atoms with Crippen molar-refractivity contribution in [3.05, 3.63) is 35.7 Å². The number of aromatic nitrogens is 2. The highest BCUT2D eigenvalue weighted by molar-refractivity contribution is 5.71. The van der Waals surface area contributed by atoms with Crippen LogP contribution in [0.5, 0.6) is 0 Å². The summed E-state index contributed by atoms with van der Waals surface area (Å²) in [5, 5.41) is 0. The minimum atomic E-state index is 0.506. The Bertz CT molecular complexity index is 618. The second kappa shape index (κ2) is 3.76. The smallest absolute Gasteiger partial charge is 0.150 e. The van der Waals surface area contributed by atoms with Crippen molar-refractivity contribution in [1.29, 1.82) is 0 Å². The van der Waals surface area contributed by atoms with Crippen molar-refractivity contribution in [2.75, 3.05) is 11.6 Å². The van der Waals surface area contributed by atoms with Crippen LogP contribution in [0.2, 0.25) is 0 Å². The molecule has 2 saturated carbocycles. The summed E-state index contributed by atoms with van der Waals surface area (Å²) in [4.78, 5) is 4.64. The Labute approximate surface area is 112 Å². The number of rotatable bonds is 3. The number of hydrogen-bond donors (Lipinski definition) is 2. The van der Waals surface area contributed by atoms with E-state index >= 15 is 0 Å². The van der Waals surface area contributed by atoms with Gasteiger partial charge >= 0.3 is 0 Å². The molecule has 19 heavy (non-hydrogen) atoms. The van der Waals surface area contributed by atoms with Crippen LogP contribution < -0.4 is 11.6 Å². The van der Waals surface area contributed by atoms with Gasteiger partial charge in [-0.1, -0.05) is 24.3 Å². The lowest BCUT2D eigenvalue weighted by molar-refractivity contribution is 0.855. The molecule has 2 aliphatic rings. The van der Waals surface area contributed by atoms with Crippen LogP contribution in [-0.2, 0) is 0 Å². The zero-order chi connectivity index (χ0) is 13.0. The van der Waals surface area contributed by atoms with Gasteiger partial charge in [0.05, 0.1) is 0 Å². The minimum absolute atomic E-state index is 0.506. The van der Waals surface area contributed by atoms with Crippen LogP contribution >= 0.6 is 0 Å². The van der Waals surface area contributed by atoms with Crippen LogP contribution in [-0.4, -0.2) is 9.66 Å². The van der Waals surface area contributed by atoms with Crippen LogP contribution in [0.15, 0.2) is 24.3 Å². The molecule has 2 aliphatic carbocycles. The van der Waals surface area contributed by atoms with E-state index < -0.39 is 0 Å². The van der Waals surface area contributed by atoms with Crippen molar-refractivity contribution < 1.29 is 0 Å². The Kier molecular flexibility index (Phi) is 2.16. The van der Waals surface area contributed by atoms with Crippen molar-refractivity contribution in [2.45, 2.75) is 37.5 Å². The van der Waals surface area contributed by atoms with Crippen molar-refractivity contribution in [3.8, 4) is 11.3 Å². The van der Waals surface area contributed by atoms with Gasteiger partial charge in [-0.05, 0) is 37.2 Å². The molecule has 0 radical (unpaired) electrons. The third-order valence-electron chi connectivity index (χ3n) is 4.15. The largest absolute Gasteiger partial charge is 0.382 e. The fourth-order valence-electron chi connectivity index (χ4n) is 2.63. The van der Waals surface area contributed by atoms with E-state index in [1.54, 1.807) is 4.68 Å².